The van der Waals surface area contributed by atoms with Crippen LogP contribution in [0.2, 0.25) is 0 Å². The van der Waals surface area contributed by atoms with E-state index in [2.05, 4.69) is 17.2 Å². The molecule has 0 atom stereocenters. The zero-order valence-corrected chi connectivity index (χ0v) is 17.7. The van der Waals surface area contributed by atoms with Crippen LogP contribution in [0, 0.1) is 0 Å². The molecule has 8 heteroatoms. The molecule has 0 radical (unpaired) electrons. The number of nitrogens with one attached hydrogen (secondary N) is 1. The van der Waals surface area contributed by atoms with Crippen molar-refractivity contribution in [1.29, 1.82) is 0 Å². The fraction of sp³-hybridized carbons (Fsp3) is 0.300. The van der Waals surface area contributed by atoms with Gasteiger partial charge in [-0.3, -0.25) is 10.1 Å². The van der Waals surface area contributed by atoms with Gasteiger partial charge in [0, 0.05) is 18.7 Å². The fourth-order valence-electron chi connectivity index (χ4n) is 2.89. The highest BCUT2D eigenvalue weighted by atomic mass is 32.2. The molecule has 0 spiro atoms. The number of benzene rings is 2. The number of aryl methyl sites for hydroxylation is 1. The van der Waals surface area contributed by atoms with E-state index in [-0.39, 0.29) is 10.8 Å². The highest BCUT2D eigenvalue weighted by Crippen LogP contribution is 2.29. The largest absolute Gasteiger partial charge is 0.298 e. The molecule has 2 aromatic carbocycles. The molecule has 6 nitrogen and oxygen atoms in total. The minimum absolute atomic E-state index is 0.236. The Morgan fingerprint density at radius 3 is 2.36 bits per heavy atom. The summed E-state index contributed by atoms with van der Waals surface area (Å²) in [6.45, 7) is 6.51. The normalized spacial score (nSPS) is 11.9. The molecular formula is C20H23N3O3S2. The van der Waals surface area contributed by atoms with E-state index in [1.165, 1.54) is 21.2 Å². The third-order valence-corrected chi connectivity index (χ3v) is 7.53. The number of fused-ring (bicyclic) bond motifs is 1. The second kappa shape index (κ2) is 8.38. The molecular weight excluding hydrogens is 394 g/mol. The summed E-state index contributed by atoms with van der Waals surface area (Å²) in [5, 5.41) is 3.24. The first kappa shape index (κ1) is 20.4. The number of aromatic nitrogens is 1. The summed E-state index contributed by atoms with van der Waals surface area (Å²) in [5.74, 6) is -0.238. The van der Waals surface area contributed by atoms with Crippen LogP contribution in [-0.4, -0.2) is 36.7 Å². The number of hydrogen-bond donors (Lipinski definition) is 1. The Labute approximate surface area is 169 Å². The monoisotopic (exact) mass is 417 g/mol. The number of nitrogens with zero attached hydrogens (tertiary/aromatic N) is 2. The SMILES string of the molecule is CCc1ccc(C(=O)Nc2nc3ccc(S(=O)(=O)N(CC)CC)cc3s2)cc1. The lowest BCUT2D eigenvalue weighted by Crippen LogP contribution is -2.30. The van der Waals surface area contributed by atoms with Crippen molar-refractivity contribution in [2.75, 3.05) is 18.4 Å². The second-order valence-electron chi connectivity index (χ2n) is 6.24. The lowest BCUT2D eigenvalue weighted by molar-refractivity contribution is 0.102. The van der Waals surface area contributed by atoms with Gasteiger partial charge in [-0.05, 0) is 42.3 Å². The van der Waals surface area contributed by atoms with E-state index >= 15 is 0 Å². The highest BCUT2D eigenvalue weighted by Gasteiger charge is 2.22. The predicted molar refractivity (Wildman–Crippen MR) is 114 cm³/mol. The standard InChI is InChI=1S/C20H23N3O3S2/c1-4-14-7-9-15(10-8-14)19(24)22-20-21-17-12-11-16(13-18(17)27-20)28(25,26)23(5-2)6-3/h7-13H,4-6H2,1-3H3,(H,21,22,24). The Bertz CT molecular complexity index is 1090. The van der Waals surface area contributed by atoms with E-state index in [0.29, 0.717) is 34.0 Å². The summed E-state index contributed by atoms with van der Waals surface area (Å²) in [7, 11) is -3.53. The third-order valence-electron chi connectivity index (χ3n) is 4.55. The number of hydrogen-bond acceptors (Lipinski definition) is 5. The number of carbonyl (C=O) groups excluding carboxylic acids is 1. The Kier molecular flexibility index (Phi) is 6.12. The van der Waals surface area contributed by atoms with Gasteiger partial charge in [-0.2, -0.15) is 4.31 Å². The molecule has 1 aromatic heterocycles. The van der Waals surface area contributed by atoms with Crippen LogP contribution in [0.1, 0.15) is 36.7 Å². The summed E-state index contributed by atoms with van der Waals surface area (Å²) in [6.07, 6.45) is 0.915. The number of thiazole rings is 1. The number of rotatable bonds is 7. The number of anilines is 1. The van der Waals surface area contributed by atoms with Crippen LogP contribution < -0.4 is 5.32 Å². The van der Waals surface area contributed by atoms with Crippen LogP contribution in [0.4, 0.5) is 5.13 Å². The summed E-state index contributed by atoms with van der Waals surface area (Å²) in [4.78, 5) is 17.1. The van der Waals surface area contributed by atoms with Crippen molar-refractivity contribution in [2.45, 2.75) is 32.1 Å². The Morgan fingerprint density at radius 1 is 1.07 bits per heavy atom. The number of amides is 1. The molecule has 1 N–H and O–H groups in total. The highest BCUT2D eigenvalue weighted by molar-refractivity contribution is 7.89. The van der Waals surface area contributed by atoms with Crippen LogP contribution in [0.25, 0.3) is 10.2 Å². The maximum Gasteiger partial charge on any atom is 0.257 e. The van der Waals surface area contributed by atoms with E-state index < -0.39 is 10.0 Å². The van der Waals surface area contributed by atoms with Crippen molar-refractivity contribution >= 4 is 42.6 Å². The molecule has 148 valence electrons. The summed E-state index contributed by atoms with van der Waals surface area (Å²) < 4.78 is 27.5. The van der Waals surface area contributed by atoms with Crippen LogP contribution in [-0.2, 0) is 16.4 Å². The molecule has 0 aliphatic rings. The molecule has 0 fully saturated rings. The molecule has 1 amide bonds. The zero-order chi connectivity index (χ0) is 20.3. The summed E-state index contributed by atoms with van der Waals surface area (Å²) in [6, 6.07) is 12.3. The Morgan fingerprint density at radius 2 is 1.75 bits per heavy atom. The van der Waals surface area contributed by atoms with Gasteiger partial charge in [-0.15, -0.1) is 0 Å². The quantitative estimate of drug-likeness (QED) is 0.626. The molecule has 0 aliphatic heterocycles. The summed E-state index contributed by atoms with van der Waals surface area (Å²) in [5.41, 5.74) is 2.37. The number of carbonyl (C=O) groups is 1. The average molecular weight is 418 g/mol. The topological polar surface area (TPSA) is 79.4 Å². The van der Waals surface area contributed by atoms with Crippen molar-refractivity contribution in [3.05, 3.63) is 53.6 Å². The van der Waals surface area contributed by atoms with Gasteiger partial charge in [0.25, 0.3) is 5.91 Å². The molecule has 3 aromatic rings. The lowest BCUT2D eigenvalue weighted by Gasteiger charge is -2.18. The van der Waals surface area contributed by atoms with Gasteiger partial charge in [0.05, 0.1) is 15.1 Å². The Hall–Kier alpha value is -2.29. The minimum atomic E-state index is -3.53. The maximum atomic E-state index is 12.7. The third kappa shape index (κ3) is 4.09. The van der Waals surface area contributed by atoms with Crippen LogP contribution in [0.15, 0.2) is 47.4 Å². The summed E-state index contributed by atoms with van der Waals surface area (Å²) >= 11 is 1.26. The van der Waals surface area contributed by atoms with E-state index in [0.717, 1.165) is 6.42 Å². The first-order valence-electron chi connectivity index (χ1n) is 9.20. The van der Waals surface area contributed by atoms with Gasteiger partial charge in [-0.1, -0.05) is 44.2 Å². The first-order valence-corrected chi connectivity index (χ1v) is 11.5. The van der Waals surface area contributed by atoms with E-state index in [9.17, 15) is 13.2 Å². The molecule has 0 aliphatic carbocycles. The molecule has 0 bridgehead atoms. The molecule has 1 heterocycles. The van der Waals surface area contributed by atoms with Crippen molar-refractivity contribution in [1.82, 2.24) is 9.29 Å². The smallest absolute Gasteiger partial charge is 0.257 e. The maximum absolute atomic E-state index is 12.7. The van der Waals surface area contributed by atoms with Gasteiger partial charge in [0.15, 0.2) is 5.13 Å². The van der Waals surface area contributed by atoms with Crippen LogP contribution in [0.5, 0.6) is 0 Å². The van der Waals surface area contributed by atoms with Crippen LogP contribution in [0.3, 0.4) is 0 Å². The second-order valence-corrected chi connectivity index (χ2v) is 9.21. The lowest BCUT2D eigenvalue weighted by atomic mass is 10.1. The first-order chi connectivity index (χ1) is 13.4. The van der Waals surface area contributed by atoms with Crippen molar-refractivity contribution < 1.29 is 13.2 Å². The number of sulfonamides is 1. The van der Waals surface area contributed by atoms with E-state index in [1.807, 2.05) is 26.0 Å². The van der Waals surface area contributed by atoms with Gasteiger partial charge in [0.1, 0.15) is 0 Å². The van der Waals surface area contributed by atoms with Crippen molar-refractivity contribution in [3.63, 3.8) is 0 Å². The van der Waals surface area contributed by atoms with Crippen molar-refractivity contribution in [2.24, 2.45) is 0 Å². The zero-order valence-electron chi connectivity index (χ0n) is 16.1. The van der Waals surface area contributed by atoms with Crippen LogP contribution >= 0.6 is 11.3 Å². The average Bonchev–Trinajstić information content (AvgIpc) is 3.10. The van der Waals surface area contributed by atoms with Gasteiger partial charge >= 0.3 is 0 Å². The molecule has 0 saturated carbocycles. The van der Waals surface area contributed by atoms with Gasteiger partial charge in [-0.25, -0.2) is 13.4 Å². The molecule has 0 saturated heterocycles. The van der Waals surface area contributed by atoms with Gasteiger partial charge < -0.3 is 0 Å². The van der Waals surface area contributed by atoms with Gasteiger partial charge in [0.2, 0.25) is 10.0 Å². The molecule has 3 rings (SSSR count). The van der Waals surface area contributed by atoms with E-state index in [1.54, 1.807) is 30.3 Å². The molecule has 0 unspecified atom stereocenters. The van der Waals surface area contributed by atoms with E-state index in [4.69, 9.17) is 0 Å². The Balaban J connectivity index is 1.85. The minimum Gasteiger partial charge on any atom is -0.298 e. The fourth-order valence-corrected chi connectivity index (χ4v) is 5.35. The molecule has 28 heavy (non-hydrogen) atoms. The van der Waals surface area contributed by atoms with Crippen molar-refractivity contribution in [3.8, 4) is 0 Å². The predicted octanol–water partition coefficient (Wildman–Crippen LogP) is 4.14.